The van der Waals surface area contributed by atoms with Gasteiger partial charge in [0.25, 0.3) is 5.91 Å². The van der Waals surface area contributed by atoms with Gasteiger partial charge < -0.3 is 15.4 Å². The minimum absolute atomic E-state index is 0.332. The van der Waals surface area contributed by atoms with Crippen LogP contribution in [0.4, 0.5) is 0 Å². The third-order valence-corrected chi connectivity index (χ3v) is 5.36. The van der Waals surface area contributed by atoms with Crippen LogP contribution in [0, 0.1) is 0 Å². The molecule has 0 radical (unpaired) electrons. The van der Waals surface area contributed by atoms with Crippen LogP contribution in [0.3, 0.4) is 0 Å². The lowest BCUT2D eigenvalue weighted by Gasteiger charge is -2.32. The summed E-state index contributed by atoms with van der Waals surface area (Å²) in [6.07, 6.45) is 10.6. The fourth-order valence-corrected chi connectivity index (χ4v) is 3.94. The van der Waals surface area contributed by atoms with E-state index in [1.54, 1.807) is 6.07 Å². The van der Waals surface area contributed by atoms with E-state index < -0.39 is 5.91 Å². The quantitative estimate of drug-likeness (QED) is 0.783. The molecule has 1 aromatic rings. The van der Waals surface area contributed by atoms with Crippen molar-refractivity contribution < 1.29 is 9.53 Å². The molecule has 0 aromatic carbocycles. The molecule has 1 aliphatic carbocycles. The largest absolute Gasteiger partial charge is 0.377 e. The molecule has 1 aromatic heterocycles. The third-order valence-electron chi connectivity index (χ3n) is 5.36. The number of aromatic nitrogens is 2. The summed E-state index contributed by atoms with van der Waals surface area (Å²) in [6, 6.07) is 1.80. The van der Waals surface area contributed by atoms with Crippen molar-refractivity contribution in [1.29, 1.82) is 0 Å². The Kier molecular flexibility index (Phi) is 6.26. The molecule has 3 N–H and O–H groups in total. The van der Waals surface area contributed by atoms with Crippen LogP contribution in [0.5, 0.6) is 0 Å². The predicted molar refractivity (Wildman–Crippen MR) is 93.0 cm³/mol. The number of carbonyl (C=O) groups excluding carboxylic acids is 1. The van der Waals surface area contributed by atoms with E-state index in [1.807, 2.05) is 0 Å². The first kappa shape index (κ1) is 17.4. The molecule has 0 spiro atoms. The second kappa shape index (κ2) is 8.62. The SMILES string of the molecule is NC(=O)c1cc([C@H]2CCCN(CCOC3CCCCCC3)C2)[nH]n1. The number of carbonyl (C=O) groups is 1. The molecule has 1 saturated carbocycles. The average Bonchev–Trinajstić information content (AvgIpc) is 2.95. The van der Waals surface area contributed by atoms with Crippen LogP contribution in [0.2, 0.25) is 0 Å². The number of aromatic amines is 1. The van der Waals surface area contributed by atoms with Gasteiger partial charge in [0, 0.05) is 24.7 Å². The van der Waals surface area contributed by atoms with Crippen LogP contribution in [0.1, 0.15) is 73.5 Å². The Balaban J connectivity index is 1.44. The fraction of sp³-hybridized carbons (Fsp3) is 0.778. The zero-order valence-corrected chi connectivity index (χ0v) is 14.5. The zero-order chi connectivity index (χ0) is 16.8. The molecular weight excluding hydrogens is 304 g/mol. The topological polar surface area (TPSA) is 84.2 Å². The first-order chi connectivity index (χ1) is 11.7. The van der Waals surface area contributed by atoms with E-state index in [9.17, 15) is 4.79 Å². The van der Waals surface area contributed by atoms with Crippen molar-refractivity contribution >= 4 is 5.91 Å². The van der Waals surface area contributed by atoms with Gasteiger partial charge in [0.15, 0.2) is 0 Å². The highest BCUT2D eigenvalue weighted by Crippen LogP contribution is 2.26. The number of nitrogens with zero attached hydrogens (tertiary/aromatic N) is 2. The molecule has 6 nitrogen and oxygen atoms in total. The smallest absolute Gasteiger partial charge is 0.269 e. The van der Waals surface area contributed by atoms with E-state index in [4.69, 9.17) is 10.5 Å². The first-order valence-corrected chi connectivity index (χ1v) is 9.41. The maximum absolute atomic E-state index is 11.2. The van der Waals surface area contributed by atoms with Gasteiger partial charge in [0.05, 0.1) is 12.7 Å². The van der Waals surface area contributed by atoms with E-state index in [2.05, 4.69) is 15.1 Å². The molecule has 2 fully saturated rings. The van der Waals surface area contributed by atoms with Crippen LogP contribution in [-0.2, 0) is 4.74 Å². The first-order valence-electron chi connectivity index (χ1n) is 9.41. The Hall–Kier alpha value is -1.40. The standard InChI is InChI=1S/C18H30N4O2/c19-18(23)17-12-16(20-21-17)14-6-5-9-22(13-14)10-11-24-15-7-3-1-2-4-8-15/h12,14-15H,1-11,13H2,(H2,19,23)(H,20,21)/t14-/m0/s1. The number of nitrogens with one attached hydrogen (secondary N) is 1. The summed E-state index contributed by atoms with van der Waals surface area (Å²) in [5.41, 5.74) is 6.64. The van der Waals surface area contributed by atoms with Crippen molar-refractivity contribution in [3.63, 3.8) is 0 Å². The molecule has 24 heavy (non-hydrogen) atoms. The van der Waals surface area contributed by atoms with Gasteiger partial charge in [0.1, 0.15) is 5.69 Å². The van der Waals surface area contributed by atoms with Gasteiger partial charge in [-0.15, -0.1) is 0 Å². The minimum atomic E-state index is -0.470. The number of rotatable bonds is 6. The Morgan fingerprint density at radius 1 is 1.25 bits per heavy atom. The van der Waals surface area contributed by atoms with Gasteiger partial charge in [-0.1, -0.05) is 25.7 Å². The summed E-state index contributed by atoms with van der Waals surface area (Å²) in [7, 11) is 0. The summed E-state index contributed by atoms with van der Waals surface area (Å²) >= 11 is 0. The highest BCUT2D eigenvalue weighted by Gasteiger charge is 2.23. The molecule has 1 saturated heterocycles. The minimum Gasteiger partial charge on any atom is -0.377 e. The molecule has 0 unspecified atom stereocenters. The normalized spacial score (nSPS) is 23.9. The highest BCUT2D eigenvalue weighted by molar-refractivity contribution is 5.90. The van der Waals surface area contributed by atoms with E-state index in [1.165, 1.54) is 44.9 Å². The lowest BCUT2D eigenvalue weighted by atomic mass is 9.94. The second-order valence-electron chi connectivity index (χ2n) is 7.20. The number of amides is 1. The number of ether oxygens (including phenoxy) is 1. The van der Waals surface area contributed by atoms with E-state index in [0.717, 1.165) is 38.4 Å². The van der Waals surface area contributed by atoms with Crippen LogP contribution < -0.4 is 5.73 Å². The van der Waals surface area contributed by atoms with Gasteiger partial charge in [-0.05, 0) is 38.3 Å². The third kappa shape index (κ3) is 4.80. The highest BCUT2D eigenvalue weighted by atomic mass is 16.5. The summed E-state index contributed by atoms with van der Waals surface area (Å²) in [4.78, 5) is 13.7. The van der Waals surface area contributed by atoms with Crippen LogP contribution in [0.15, 0.2) is 6.07 Å². The average molecular weight is 334 g/mol. The van der Waals surface area contributed by atoms with Crippen molar-refractivity contribution in [2.45, 2.75) is 63.4 Å². The lowest BCUT2D eigenvalue weighted by molar-refractivity contribution is 0.0248. The Morgan fingerprint density at radius 3 is 2.75 bits per heavy atom. The van der Waals surface area contributed by atoms with Gasteiger partial charge in [0.2, 0.25) is 0 Å². The van der Waals surface area contributed by atoms with Crippen molar-refractivity contribution in [2.24, 2.45) is 5.73 Å². The molecule has 134 valence electrons. The molecule has 2 heterocycles. The number of nitrogens with two attached hydrogens (primary N) is 1. The summed E-state index contributed by atoms with van der Waals surface area (Å²) < 4.78 is 6.12. The Bertz CT molecular complexity index is 523. The number of likely N-dealkylation sites (tertiary alicyclic amines) is 1. The van der Waals surface area contributed by atoms with Gasteiger partial charge in [-0.3, -0.25) is 9.89 Å². The van der Waals surface area contributed by atoms with Crippen molar-refractivity contribution in [3.8, 4) is 0 Å². The van der Waals surface area contributed by atoms with E-state index in [-0.39, 0.29) is 0 Å². The zero-order valence-electron chi connectivity index (χ0n) is 14.5. The van der Waals surface area contributed by atoms with Gasteiger partial charge in [-0.2, -0.15) is 5.10 Å². The van der Waals surface area contributed by atoms with E-state index >= 15 is 0 Å². The van der Waals surface area contributed by atoms with E-state index in [0.29, 0.717) is 17.7 Å². The number of piperidine rings is 1. The molecule has 3 rings (SSSR count). The summed E-state index contributed by atoms with van der Waals surface area (Å²) in [5.74, 6) is -0.0702. The number of hydrogen-bond acceptors (Lipinski definition) is 4. The summed E-state index contributed by atoms with van der Waals surface area (Å²) in [6.45, 7) is 3.94. The molecular formula is C18H30N4O2. The van der Waals surface area contributed by atoms with Crippen molar-refractivity contribution in [2.75, 3.05) is 26.2 Å². The predicted octanol–water partition coefficient (Wildman–Crippen LogP) is 2.43. The summed E-state index contributed by atoms with van der Waals surface area (Å²) in [5, 5.41) is 6.99. The van der Waals surface area contributed by atoms with Crippen molar-refractivity contribution in [3.05, 3.63) is 17.5 Å². The molecule has 2 aliphatic rings. The molecule has 1 aliphatic heterocycles. The molecule has 0 bridgehead atoms. The van der Waals surface area contributed by atoms with Gasteiger partial charge in [-0.25, -0.2) is 0 Å². The number of hydrogen-bond donors (Lipinski definition) is 2. The second-order valence-corrected chi connectivity index (χ2v) is 7.20. The Labute approximate surface area is 144 Å². The maximum atomic E-state index is 11.2. The Morgan fingerprint density at radius 2 is 2.04 bits per heavy atom. The maximum Gasteiger partial charge on any atom is 0.269 e. The van der Waals surface area contributed by atoms with Crippen LogP contribution in [0.25, 0.3) is 0 Å². The molecule has 6 heteroatoms. The molecule has 1 atom stereocenters. The van der Waals surface area contributed by atoms with Crippen LogP contribution >= 0.6 is 0 Å². The fourth-order valence-electron chi connectivity index (χ4n) is 3.94. The lowest BCUT2D eigenvalue weighted by Crippen LogP contribution is -2.37. The number of H-pyrrole nitrogens is 1. The van der Waals surface area contributed by atoms with Crippen LogP contribution in [-0.4, -0.2) is 53.3 Å². The van der Waals surface area contributed by atoms with Gasteiger partial charge >= 0.3 is 0 Å². The number of primary amides is 1. The molecule has 1 amide bonds. The van der Waals surface area contributed by atoms with Crippen molar-refractivity contribution in [1.82, 2.24) is 15.1 Å². The monoisotopic (exact) mass is 334 g/mol.